The van der Waals surface area contributed by atoms with Gasteiger partial charge in [0.05, 0.1) is 10.6 Å². The van der Waals surface area contributed by atoms with Crippen LogP contribution in [0.5, 0.6) is 0 Å². The van der Waals surface area contributed by atoms with Gasteiger partial charge >= 0.3 is 0 Å². The number of hydrogen-bond donors (Lipinski definition) is 0. The van der Waals surface area contributed by atoms with Gasteiger partial charge in [-0.15, -0.1) is 11.3 Å². The Balaban J connectivity index is 1.53. The molecule has 3 aromatic rings. The van der Waals surface area contributed by atoms with Crippen molar-refractivity contribution in [1.82, 2.24) is 9.88 Å². The highest BCUT2D eigenvalue weighted by molar-refractivity contribution is 7.13. The van der Waals surface area contributed by atoms with Crippen LogP contribution in [0.4, 0.5) is 5.69 Å². The smallest absolute Gasteiger partial charge is 0.253 e. The molecule has 2 aromatic heterocycles. The van der Waals surface area contributed by atoms with E-state index in [1.54, 1.807) is 11.3 Å². The summed E-state index contributed by atoms with van der Waals surface area (Å²) in [5.41, 5.74) is 3.91. The van der Waals surface area contributed by atoms with E-state index >= 15 is 0 Å². The summed E-state index contributed by atoms with van der Waals surface area (Å²) in [6.07, 6.45) is 2.08. The quantitative estimate of drug-likeness (QED) is 0.635. The van der Waals surface area contributed by atoms with Crippen LogP contribution in [-0.4, -0.2) is 43.0 Å². The van der Waals surface area contributed by atoms with Gasteiger partial charge in [-0.1, -0.05) is 18.2 Å². The highest BCUT2D eigenvalue weighted by Gasteiger charge is 2.26. The molecule has 1 amide bonds. The molecule has 28 heavy (non-hydrogen) atoms. The van der Waals surface area contributed by atoms with Gasteiger partial charge in [0.15, 0.2) is 0 Å². The first kappa shape index (κ1) is 18.7. The van der Waals surface area contributed by atoms with E-state index in [0.717, 1.165) is 48.6 Å². The van der Waals surface area contributed by atoms with Gasteiger partial charge in [0.1, 0.15) is 0 Å². The maximum Gasteiger partial charge on any atom is 0.253 e. The minimum atomic E-state index is 0.114. The SMILES string of the molecule is CN(C)c1cccc(C(=O)N2CCCC(c3cccc(-c4cccs4)n3)C2)c1. The maximum absolute atomic E-state index is 13.1. The summed E-state index contributed by atoms with van der Waals surface area (Å²) >= 11 is 1.71. The zero-order valence-corrected chi connectivity index (χ0v) is 17.2. The number of pyridine rings is 1. The minimum Gasteiger partial charge on any atom is -0.378 e. The van der Waals surface area contributed by atoms with Crippen molar-refractivity contribution in [1.29, 1.82) is 0 Å². The normalized spacial score (nSPS) is 16.8. The molecular weight excluding hydrogens is 366 g/mol. The van der Waals surface area contributed by atoms with Crippen LogP contribution in [0.3, 0.4) is 0 Å². The Morgan fingerprint density at radius 3 is 2.79 bits per heavy atom. The number of benzene rings is 1. The zero-order valence-electron chi connectivity index (χ0n) is 16.3. The minimum absolute atomic E-state index is 0.114. The second kappa shape index (κ2) is 8.15. The lowest BCUT2D eigenvalue weighted by atomic mass is 9.93. The molecule has 1 fully saturated rings. The number of aromatic nitrogens is 1. The summed E-state index contributed by atoms with van der Waals surface area (Å²) in [6, 6.07) is 18.3. The first-order valence-corrected chi connectivity index (χ1v) is 10.6. The topological polar surface area (TPSA) is 36.4 Å². The molecule has 144 valence electrons. The number of carbonyl (C=O) groups is 1. The van der Waals surface area contributed by atoms with Gasteiger partial charge in [-0.05, 0) is 54.6 Å². The average molecular weight is 392 g/mol. The van der Waals surface area contributed by atoms with E-state index in [1.165, 1.54) is 4.88 Å². The van der Waals surface area contributed by atoms with Gasteiger partial charge in [-0.25, -0.2) is 0 Å². The Morgan fingerprint density at radius 1 is 1.14 bits per heavy atom. The van der Waals surface area contributed by atoms with Crippen LogP contribution in [0.2, 0.25) is 0 Å². The number of rotatable bonds is 4. The third-order valence-corrected chi connectivity index (χ3v) is 6.17. The van der Waals surface area contributed by atoms with E-state index in [4.69, 9.17) is 4.98 Å². The molecule has 1 unspecified atom stereocenters. The highest BCUT2D eigenvalue weighted by atomic mass is 32.1. The number of piperidine rings is 1. The van der Waals surface area contributed by atoms with Crippen molar-refractivity contribution in [2.45, 2.75) is 18.8 Å². The monoisotopic (exact) mass is 391 g/mol. The predicted molar refractivity (Wildman–Crippen MR) is 116 cm³/mol. The number of likely N-dealkylation sites (tertiary alicyclic amines) is 1. The number of carbonyl (C=O) groups excluding carboxylic acids is 1. The molecule has 0 N–H and O–H groups in total. The molecule has 0 spiro atoms. The molecule has 0 bridgehead atoms. The van der Waals surface area contributed by atoms with Crippen molar-refractivity contribution in [2.75, 3.05) is 32.1 Å². The standard InChI is InChI=1S/C23H25N3OS/c1-25(2)19-9-3-7-17(15-19)23(27)26-13-5-8-18(16-26)20-10-4-11-21(24-20)22-12-6-14-28-22/h3-4,6-7,9-12,14-15,18H,5,8,13,16H2,1-2H3. The molecule has 1 atom stereocenters. The number of anilines is 1. The van der Waals surface area contributed by atoms with E-state index in [-0.39, 0.29) is 11.8 Å². The van der Waals surface area contributed by atoms with Crippen LogP contribution in [0.25, 0.3) is 10.6 Å². The van der Waals surface area contributed by atoms with E-state index in [2.05, 4.69) is 35.7 Å². The van der Waals surface area contributed by atoms with Crippen LogP contribution in [0, 0.1) is 0 Å². The van der Waals surface area contributed by atoms with Crippen LogP contribution in [-0.2, 0) is 0 Å². The lowest BCUT2D eigenvalue weighted by Gasteiger charge is -2.33. The van der Waals surface area contributed by atoms with Gasteiger partial charge in [0, 0.05) is 50.0 Å². The van der Waals surface area contributed by atoms with Crippen molar-refractivity contribution in [3.8, 4) is 10.6 Å². The maximum atomic E-state index is 13.1. The van der Waals surface area contributed by atoms with Crippen molar-refractivity contribution in [3.05, 3.63) is 71.2 Å². The second-order valence-electron chi connectivity index (χ2n) is 7.46. The summed E-state index contributed by atoms with van der Waals surface area (Å²) < 4.78 is 0. The average Bonchev–Trinajstić information content (AvgIpc) is 3.28. The molecule has 0 radical (unpaired) electrons. The highest BCUT2D eigenvalue weighted by Crippen LogP contribution is 2.30. The number of thiophene rings is 1. The summed E-state index contributed by atoms with van der Waals surface area (Å²) in [5, 5.41) is 2.08. The lowest BCUT2D eigenvalue weighted by Crippen LogP contribution is -2.39. The molecule has 0 aliphatic carbocycles. The van der Waals surface area contributed by atoms with Crippen molar-refractivity contribution in [2.24, 2.45) is 0 Å². The Kier molecular flexibility index (Phi) is 5.44. The molecular formula is C23H25N3OS. The summed E-state index contributed by atoms with van der Waals surface area (Å²) in [5.74, 6) is 0.400. The summed E-state index contributed by atoms with van der Waals surface area (Å²) in [4.78, 5) is 23.2. The number of amides is 1. The second-order valence-corrected chi connectivity index (χ2v) is 8.41. The molecule has 1 aliphatic rings. The first-order valence-electron chi connectivity index (χ1n) is 9.69. The van der Waals surface area contributed by atoms with E-state index < -0.39 is 0 Å². The third kappa shape index (κ3) is 3.94. The summed E-state index contributed by atoms with van der Waals surface area (Å²) in [7, 11) is 3.99. The molecule has 4 rings (SSSR count). The third-order valence-electron chi connectivity index (χ3n) is 5.28. The predicted octanol–water partition coefficient (Wildman–Crippen LogP) is 4.90. The van der Waals surface area contributed by atoms with Crippen LogP contribution >= 0.6 is 11.3 Å². The van der Waals surface area contributed by atoms with Gasteiger partial charge in [-0.3, -0.25) is 9.78 Å². The Labute approximate surface area is 170 Å². The first-order chi connectivity index (χ1) is 13.6. The van der Waals surface area contributed by atoms with Crippen LogP contribution in [0.1, 0.15) is 34.8 Å². The van der Waals surface area contributed by atoms with Crippen molar-refractivity contribution in [3.63, 3.8) is 0 Å². The Morgan fingerprint density at radius 2 is 2.00 bits per heavy atom. The molecule has 0 saturated carbocycles. The Hall–Kier alpha value is -2.66. The molecule has 1 saturated heterocycles. The number of hydrogen-bond acceptors (Lipinski definition) is 4. The van der Waals surface area contributed by atoms with Gasteiger partial charge < -0.3 is 9.80 Å². The molecule has 5 heteroatoms. The molecule has 4 nitrogen and oxygen atoms in total. The van der Waals surface area contributed by atoms with Crippen molar-refractivity contribution < 1.29 is 4.79 Å². The van der Waals surface area contributed by atoms with Gasteiger partial charge in [0.25, 0.3) is 5.91 Å². The molecule has 1 aliphatic heterocycles. The van der Waals surface area contributed by atoms with Crippen LogP contribution < -0.4 is 4.90 Å². The zero-order chi connectivity index (χ0) is 19.5. The fourth-order valence-corrected chi connectivity index (χ4v) is 4.44. The van der Waals surface area contributed by atoms with Crippen molar-refractivity contribution >= 4 is 22.9 Å². The molecule has 3 heterocycles. The number of nitrogens with zero attached hydrogens (tertiary/aromatic N) is 3. The van der Waals surface area contributed by atoms with Gasteiger partial charge in [0.2, 0.25) is 0 Å². The van der Waals surface area contributed by atoms with Gasteiger partial charge in [-0.2, -0.15) is 0 Å². The Bertz CT molecular complexity index is 952. The summed E-state index contributed by atoms with van der Waals surface area (Å²) in [6.45, 7) is 1.54. The fraction of sp³-hybridized carbons (Fsp3) is 0.304. The molecule has 1 aromatic carbocycles. The largest absolute Gasteiger partial charge is 0.378 e. The van der Waals surface area contributed by atoms with E-state index in [1.807, 2.05) is 48.2 Å². The lowest BCUT2D eigenvalue weighted by molar-refractivity contribution is 0.0706. The van der Waals surface area contributed by atoms with E-state index in [0.29, 0.717) is 0 Å². The van der Waals surface area contributed by atoms with E-state index in [9.17, 15) is 4.79 Å². The van der Waals surface area contributed by atoms with Crippen LogP contribution in [0.15, 0.2) is 60.0 Å². The fourth-order valence-electron chi connectivity index (χ4n) is 3.74.